The van der Waals surface area contributed by atoms with Gasteiger partial charge in [-0.15, -0.1) is 11.8 Å². The van der Waals surface area contributed by atoms with E-state index in [4.69, 9.17) is 16.3 Å². The smallest absolute Gasteiger partial charge is 0.264 e. The molecule has 0 aromatic heterocycles. The molecule has 0 aliphatic heterocycles. The fourth-order valence-corrected chi connectivity index (χ4v) is 6.29. The number of carbonyl (C=O) groups is 2. The third-order valence-electron chi connectivity index (χ3n) is 6.36. The number of hydrogen-bond acceptors (Lipinski definition) is 6. The molecule has 220 valence electrons. The van der Waals surface area contributed by atoms with Crippen LogP contribution in [0, 0.1) is 0 Å². The van der Waals surface area contributed by atoms with E-state index in [9.17, 15) is 18.0 Å². The van der Waals surface area contributed by atoms with Crippen molar-refractivity contribution < 1.29 is 22.7 Å². The maximum atomic E-state index is 14.1. The summed E-state index contributed by atoms with van der Waals surface area (Å²) in [5.74, 6) is -0.519. The lowest BCUT2D eigenvalue weighted by Crippen LogP contribution is -2.52. The minimum atomic E-state index is -4.21. The molecule has 41 heavy (non-hydrogen) atoms. The van der Waals surface area contributed by atoms with E-state index >= 15 is 0 Å². The van der Waals surface area contributed by atoms with Gasteiger partial charge in [0.2, 0.25) is 11.8 Å². The molecule has 3 rings (SSSR count). The second-order valence-corrected chi connectivity index (χ2v) is 12.2. The summed E-state index contributed by atoms with van der Waals surface area (Å²) in [7, 11) is -4.21. The van der Waals surface area contributed by atoms with E-state index in [-0.39, 0.29) is 23.0 Å². The first kappa shape index (κ1) is 32.3. The summed E-state index contributed by atoms with van der Waals surface area (Å²) in [5, 5.41) is 3.34. The maximum absolute atomic E-state index is 14.1. The second-order valence-electron chi connectivity index (χ2n) is 9.05. The number of likely N-dealkylation sites (N-methyl/N-ethyl adjacent to an activating group) is 1. The molecule has 0 bridgehead atoms. The van der Waals surface area contributed by atoms with Gasteiger partial charge in [-0.3, -0.25) is 13.9 Å². The second kappa shape index (κ2) is 15.1. The topological polar surface area (TPSA) is 96.0 Å². The van der Waals surface area contributed by atoms with Crippen molar-refractivity contribution in [3.8, 4) is 5.75 Å². The van der Waals surface area contributed by atoms with Gasteiger partial charge in [-0.25, -0.2) is 8.42 Å². The van der Waals surface area contributed by atoms with Crippen molar-refractivity contribution in [2.45, 2.75) is 49.6 Å². The van der Waals surface area contributed by atoms with Crippen molar-refractivity contribution in [2.24, 2.45) is 0 Å². The molecule has 1 atom stereocenters. The lowest BCUT2D eigenvalue weighted by molar-refractivity contribution is -0.140. The summed E-state index contributed by atoms with van der Waals surface area (Å²) >= 11 is 7.56. The Morgan fingerprint density at radius 1 is 0.976 bits per heavy atom. The summed E-state index contributed by atoms with van der Waals surface area (Å²) in [5.41, 5.74) is 0.983. The number of nitrogens with one attached hydrogen (secondary N) is 1. The Morgan fingerprint density at radius 2 is 1.63 bits per heavy atom. The van der Waals surface area contributed by atoms with Gasteiger partial charge in [0.25, 0.3) is 10.0 Å². The molecule has 2 amide bonds. The number of sulfonamides is 1. The zero-order valence-electron chi connectivity index (χ0n) is 23.7. The van der Waals surface area contributed by atoms with Crippen LogP contribution in [0.4, 0.5) is 5.69 Å². The molecule has 0 radical (unpaired) electrons. The Bertz CT molecular complexity index is 1420. The van der Waals surface area contributed by atoms with E-state index in [2.05, 4.69) is 5.32 Å². The normalized spacial score (nSPS) is 11.9. The van der Waals surface area contributed by atoms with Crippen LogP contribution in [0.15, 0.2) is 82.6 Å². The maximum Gasteiger partial charge on any atom is 0.264 e. The van der Waals surface area contributed by atoms with Crippen LogP contribution < -0.4 is 14.4 Å². The standard InChI is InChI=1S/C30H36ClN3O5S2/c1-5-26(30(36)32-6-2)33(20-22-12-14-23(31)15-13-22)29(35)21-34(27-10-8-9-11-28(27)39-7-3)41(37,38)25-18-16-24(40-4)17-19-25/h8-19,26H,5-7,20-21H2,1-4H3,(H,32,36). The number of amides is 2. The number of para-hydroxylation sites is 2. The number of thioether (sulfide) groups is 1. The minimum Gasteiger partial charge on any atom is -0.492 e. The van der Waals surface area contributed by atoms with Gasteiger partial charge < -0.3 is 15.0 Å². The molecular formula is C30H36ClN3O5S2. The number of hydrogen-bond donors (Lipinski definition) is 1. The van der Waals surface area contributed by atoms with Gasteiger partial charge in [-0.1, -0.05) is 42.8 Å². The Labute approximate surface area is 252 Å². The predicted molar refractivity (Wildman–Crippen MR) is 165 cm³/mol. The molecule has 1 unspecified atom stereocenters. The molecule has 3 aromatic carbocycles. The van der Waals surface area contributed by atoms with Gasteiger partial charge >= 0.3 is 0 Å². The first-order chi connectivity index (χ1) is 19.7. The quantitative estimate of drug-likeness (QED) is 0.237. The van der Waals surface area contributed by atoms with Crippen LogP contribution in [0.25, 0.3) is 0 Å². The monoisotopic (exact) mass is 617 g/mol. The van der Waals surface area contributed by atoms with Gasteiger partial charge in [-0.05, 0) is 80.6 Å². The van der Waals surface area contributed by atoms with E-state index in [0.717, 1.165) is 14.8 Å². The van der Waals surface area contributed by atoms with Crippen LogP contribution >= 0.6 is 23.4 Å². The fourth-order valence-electron chi connectivity index (χ4n) is 4.33. The number of benzene rings is 3. The highest BCUT2D eigenvalue weighted by Crippen LogP contribution is 2.33. The lowest BCUT2D eigenvalue weighted by atomic mass is 10.1. The van der Waals surface area contributed by atoms with Crippen LogP contribution in [0.5, 0.6) is 5.75 Å². The minimum absolute atomic E-state index is 0.0365. The van der Waals surface area contributed by atoms with Gasteiger partial charge in [-0.2, -0.15) is 0 Å². The number of carbonyl (C=O) groups excluding carboxylic acids is 2. The van der Waals surface area contributed by atoms with E-state index in [1.807, 2.05) is 13.2 Å². The highest BCUT2D eigenvalue weighted by atomic mass is 35.5. The van der Waals surface area contributed by atoms with Crippen molar-refractivity contribution in [3.05, 3.63) is 83.4 Å². The van der Waals surface area contributed by atoms with Crippen molar-refractivity contribution in [1.82, 2.24) is 10.2 Å². The largest absolute Gasteiger partial charge is 0.492 e. The summed E-state index contributed by atoms with van der Waals surface area (Å²) in [6.07, 6.45) is 2.24. The first-order valence-corrected chi connectivity index (χ1v) is 16.4. The SMILES string of the molecule is CCNC(=O)C(CC)N(Cc1ccc(Cl)cc1)C(=O)CN(c1ccccc1OCC)S(=O)(=O)c1ccc(SC)cc1. The zero-order chi connectivity index (χ0) is 30.0. The third kappa shape index (κ3) is 8.18. The van der Waals surface area contributed by atoms with Gasteiger partial charge in [0.15, 0.2) is 0 Å². The van der Waals surface area contributed by atoms with Gasteiger partial charge in [0.05, 0.1) is 17.2 Å². The van der Waals surface area contributed by atoms with Crippen LogP contribution in [0.1, 0.15) is 32.8 Å². The summed E-state index contributed by atoms with van der Waals surface area (Å²) in [4.78, 5) is 29.6. The molecule has 1 N–H and O–H groups in total. The number of halogens is 1. The Morgan fingerprint density at radius 3 is 2.22 bits per heavy atom. The molecule has 0 saturated carbocycles. The zero-order valence-corrected chi connectivity index (χ0v) is 26.1. The molecule has 3 aromatic rings. The van der Waals surface area contributed by atoms with Crippen molar-refractivity contribution in [2.75, 3.05) is 30.3 Å². The molecule has 11 heteroatoms. The Hall–Kier alpha value is -3.21. The van der Waals surface area contributed by atoms with Gasteiger partial charge in [0.1, 0.15) is 18.3 Å². The third-order valence-corrected chi connectivity index (χ3v) is 9.13. The Balaban J connectivity index is 2.11. The highest BCUT2D eigenvalue weighted by Gasteiger charge is 2.34. The summed E-state index contributed by atoms with van der Waals surface area (Å²) in [6, 6.07) is 19.4. The number of rotatable bonds is 14. The Kier molecular flexibility index (Phi) is 11.9. The number of nitrogens with zero attached hydrogens (tertiary/aromatic N) is 2. The predicted octanol–water partition coefficient (Wildman–Crippen LogP) is 5.60. The van der Waals surface area contributed by atoms with E-state index < -0.39 is 28.5 Å². The molecular weight excluding hydrogens is 582 g/mol. The van der Waals surface area contributed by atoms with Crippen molar-refractivity contribution in [1.29, 1.82) is 0 Å². The van der Waals surface area contributed by atoms with E-state index in [1.54, 1.807) is 74.5 Å². The molecule has 0 heterocycles. The fraction of sp³-hybridized carbons (Fsp3) is 0.333. The van der Waals surface area contributed by atoms with E-state index in [0.29, 0.717) is 30.3 Å². The summed E-state index contributed by atoms with van der Waals surface area (Å²) in [6.45, 7) is 5.67. The molecule has 0 aliphatic rings. The average Bonchev–Trinajstić information content (AvgIpc) is 2.97. The molecule has 0 saturated heterocycles. The van der Waals surface area contributed by atoms with E-state index in [1.165, 1.54) is 28.8 Å². The van der Waals surface area contributed by atoms with Crippen LogP contribution in [-0.2, 0) is 26.2 Å². The van der Waals surface area contributed by atoms with Crippen LogP contribution in [-0.4, -0.2) is 57.1 Å². The molecule has 8 nitrogen and oxygen atoms in total. The van der Waals surface area contributed by atoms with Crippen LogP contribution in [0.3, 0.4) is 0 Å². The molecule has 0 fully saturated rings. The number of anilines is 1. The lowest BCUT2D eigenvalue weighted by Gasteiger charge is -2.33. The highest BCUT2D eigenvalue weighted by molar-refractivity contribution is 7.98. The summed E-state index contributed by atoms with van der Waals surface area (Å²) < 4.78 is 35.1. The first-order valence-electron chi connectivity index (χ1n) is 13.4. The molecule has 0 aliphatic carbocycles. The van der Waals surface area contributed by atoms with Crippen molar-refractivity contribution in [3.63, 3.8) is 0 Å². The number of ether oxygens (including phenoxy) is 1. The average molecular weight is 618 g/mol. The van der Waals surface area contributed by atoms with Crippen molar-refractivity contribution >= 4 is 50.9 Å². The van der Waals surface area contributed by atoms with Gasteiger partial charge in [0, 0.05) is 23.0 Å². The van der Waals surface area contributed by atoms with Crippen LogP contribution in [0.2, 0.25) is 5.02 Å². The molecule has 0 spiro atoms.